The lowest BCUT2D eigenvalue weighted by molar-refractivity contribution is -0.136. The highest BCUT2D eigenvalue weighted by atomic mass is 19.1. The number of carbonyl (C=O) groups excluding carboxylic acids is 2. The molecule has 168 valence electrons. The number of halogens is 1. The predicted molar refractivity (Wildman–Crippen MR) is 129 cm³/mol. The predicted octanol–water partition coefficient (Wildman–Crippen LogP) is 5.56. The molecule has 0 saturated carbocycles. The Bertz CT molecular complexity index is 1190. The maximum absolute atomic E-state index is 13.5. The Morgan fingerprint density at radius 1 is 0.818 bits per heavy atom. The van der Waals surface area contributed by atoms with Crippen molar-refractivity contribution in [1.82, 2.24) is 4.90 Å². The van der Waals surface area contributed by atoms with Gasteiger partial charge < -0.3 is 5.32 Å². The van der Waals surface area contributed by atoms with Gasteiger partial charge in [0.15, 0.2) is 0 Å². The summed E-state index contributed by atoms with van der Waals surface area (Å²) in [6.45, 7) is 6.66. The minimum absolute atomic E-state index is 0.00442. The quantitative estimate of drug-likeness (QED) is 0.509. The molecule has 5 heteroatoms. The van der Waals surface area contributed by atoms with Gasteiger partial charge in [-0.05, 0) is 52.8 Å². The van der Waals surface area contributed by atoms with Crippen molar-refractivity contribution < 1.29 is 14.0 Å². The van der Waals surface area contributed by atoms with Crippen LogP contribution in [0.5, 0.6) is 0 Å². The third-order valence-corrected chi connectivity index (χ3v) is 5.79. The van der Waals surface area contributed by atoms with Gasteiger partial charge in [0, 0.05) is 12.2 Å². The van der Waals surface area contributed by atoms with Crippen LogP contribution in [0.4, 0.5) is 10.1 Å². The molecule has 1 aliphatic rings. The lowest BCUT2D eigenvalue weighted by Gasteiger charge is -2.19. The summed E-state index contributed by atoms with van der Waals surface area (Å²) >= 11 is 0. The Hall–Kier alpha value is -3.73. The summed E-state index contributed by atoms with van der Waals surface area (Å²) in [7, 11) is 0. The van der Waals surface area contributed by atoms with Crippen molar-refractivity contribution in [2.45, 2.75) is 32.6 Å². The van der Waals surface area contributed by atoms with Crippen molar-refractivity contribution in [2.24, 2.45) is 0 Å². The van der Waals surface area contributed by atoms with Gasteiger partial charge in [0.2, 0.25) is 0 Å². The van der Waals surface area contributed by atoms with Crippen LogP contribution in [0.2, 0.25) is 0 Å². The first-order chi connectivity index (χ1) is 15.7. The van der Waals surface area contributed by atoms with Gasteiger partial charge in [0.25, 0.3) is 11.8 Å². The fourth-order valence-electron chi connectivity index (χ4n) is 3.86. The smallest absolute Gasteiger partial charge is 0.278 e. The van der Waals surface area contributed by atoms with Gasteiger partial charge in [0.1, 0.15) is 11.5 Å². The average Bonchev–Trinajstić information content (AvgIpc) is 3.02. The number of carbonyl (C=O) groups is 2. The Labute approximate surface area is 193 Å². The number of imide groups is 1. The zero-order valence-corrected chi connectivity index (χ0v) is 19.1. The number of rotatable bonds is 6. The number of hydrogen-bond donors (Lipinski definition) is 1. The molecule has 0 atom stereocenters. The molecule has 33 heavy (non-hydrogen) atoms. The van der Waals surface area contributed by atoms with Crippen LogP contribution in [0.25, 0.3) is 5.57 Å². The third kappa shape index (κ3) is 4.87. The second kappa shape index (κ2) is 9.02. The Balaban J connectivity index is 1.65. The Kier molecular flexibility index (Phi) is 6.14. The second-order valence-corrected chi connectivity index (χ2v) is 9.21. The molecule has 0 bridgehead atoms. The molecule has 0 aliphatic carbocycles. The topological polar surface area (TPSA) is 49.4 Å². The molecule has 0 saturated heterocycles. The van der Waals surface area contributed by atoms with Crippen molar-refractivity contribution in [3.8, 4) is 0 Å². The van der Waals surface area contributed by atoms with Crippen LogP contribution in [-0.2, 0) is 21.4 Å². The molecule has 1 N–H and O–H groups in total. The van der Waals surface area contributed by atoms with Crippen molar-refractivity contribution in [3.05, 3.63) is 107 Å². The zero-order chi connectivity index (χ0) is 23.6. The molecular formula is C28H27FN2O2. The van der Waals surface area contributed by atoms with E-state index in [-0.39, 0.29) is 35.0 Å². The minimum atomic E-state index is -0.399. The number of nitrogens with one attached hydrogen (secondary N) is 1. The van der Waals surface area contributed by atoms with Gasteiger partial charge in [-0.25, -0.2) is 4.39 Å². The highest BCUT2D eigenvalue weighted by Crippen LogP contribution is 2.31. The SMILES string of the molecule is CC(C)(C)c1ccc(NC2=C(c3ccc(F)cc3)C(=O)N(CCc3ccccc3)C2=O)cc1. The molecule has 0 fully saturated rings. The van der Waals surface area contributed by atoms with E-state index in [1.807, 2.05) is 54.6 Å². The van der Waals surface area contributed by atoms with E-state index in [1.165, 1.54) is 34.7 Å². The number of amides is 2. The summed E-state index contributed by atoms with van der Waals surface area (Å²) in [6.07, 6.45) is 0.558. The summed E-state index contributed by atoms with van der Waals surface area (Å²) in [6, 6.07) is 23.2. The average molecular weight is 443 g/mol. The highest BCUT2D eigenvalue weighted by molar-refractivity contribution is 6.36. The van der Waals surface area contributed by atoms with Crippen LogP contribution >= 0.6 is 0 Å². The first kappa shape index (κ1) is 22.5. The molecule has 2 amide bonds. The van der Waals surface area contributed by atoms with Gasteiger partial charge in [-0.15, -0.1) is 0 Å². The number of benzene rings is 3. The Morgan fingerprint density at radius 3 is 2.06 bits per heavy atom. The Morgan fingerprint density at radius 2 is 1.45 bits per heavy atom. The van der Waals surface area contributed by atoms with E-state index in [0.717, 1.165) is 5.56 Å². The molecule has 0 spiro atoms. The molecule has 3 aromatic carbocycles. The van der Waals surface area contributed by atoms with Crippen LogP contribution in [-0.4, -0.2) is 23.3 Å². The van der Waals surface area contributed by atoms with E-state index >= 15 is 0 Å². The molecule has 3 aromatic rings. The molecule has 0 unspecified atom stereocenters. The van der Waals surface area contributed by atoms with E-state index in [9.17, 15) is 14.0 Å². The van der Waals surface area contributed by atoms with Crippen LogP contribution in [0.3, 0.4) is 0 Å². The molecule has 0 aromatic heterocycles. The maximum atomic E-state index is 13.5. The minimum Gasteiger partial charge on any atom is -0.350 e. The maximum Gasteiger partial charge on any atom is 0.278 e. The normalized spacial score (nSPS) is 14.2. The van der Waals surface area contributed by atoms with Crippen LogP contribution in [0.1, 0.15) is 37.5 Å². The van der Waals surface area contributed by atoms with E-state index in [2.05, 4.69) is 26.1 Å². The molecule has 4 nitrogen and oxygen atoms in total. The summed E-state index contributed by atoms with van der Waals surface area (Å²) in [5, 5.41) is 3.16. The first-order valence-corrected chi connectivity index (χ1v) is 11.0. The molecule has 0 radical (unpaired) electrons. The van der Waals surface area contributed by atoms with Crippen LogP contribution in [0.15, 0.2) is 84.6 Å². The molecular weight excluding hydrogens is 415 g/mol. The van der Waals surface area contributed by atoms with E-state index < -0.39 is 5.82 Å². The standard InChI is InChI=1S/C28H27FN2O2/c1-28(2,3)21-11-15-23(16-12-21)30-25-24(20-9-13-22(29)14-10-20)26(32)31(27(25)33)18-17-19-7-5-4-6-8-19/h4-16,30H,17-18H2,1-3H3. The fraction of sp³-hybridized carbons (Fsp3) is 0.214. The lowest BCUT2D eigenvalue weighted by Crippen LogP contribution is -2.34. The van der Waals surface area contributed by atoms with E-state index in [1.54, 1.807) is 0 Å². The van der Waals surface area contributed by atoms with Crippen LogP contribution < -0.4 is 5.32 Å². The van der Waals surface area contributed by atoms with E-state index in [0.29, 0.717) is 17.7 Å². The molecule has 1 heterocycles. The van der Waals surface area contributed by atoms with Crippen molar-refractivity contribution in [1.29, 1.82) is 0 Å². The lowest BCUT2D eigenvalue weighted by atomic mass is 9.87. The summed E-state index contributed by atoms with van der Waals surface area (Å²) < 4.78 is 13.5. The van der Waals surface area contributed by atoms with Gasteiger partial charge in [-0.1, -0.05) is 75.4 Å². The van der Waals surface area contributed by atoms with Crippen molar-refractivity contribution >= 4 is 23.1 Å². The van der Waals surface area contributed by atoms with Crippen molar-refractivity contribution in [2.75, 3.05) is 11.9 Å². The number of nitrogens with zero attached hydrogens (tertiary/aromatic N) is 1. The third-order valence-electron chi connectivity index (χ3n) is 5.79. The van der Waals surface area contributed by atoms with Crippen molar-refractivity contribution in [3.63, 3.8) is 0 Å². The summed E-state index contributed by atoms with van der Waals surface area (Å²) in [4.78, 5) is 27.9. The summed E-state index contributed by atoms with van der Waals surface area (Å²) in [5.41, 5.74) is 3.90. The van der Waals surface area contributed by atoms with E-state index in [4.69, 9.17) is 0 Å². The van der Waals surface area contributed by atoms with Crippen LogP contribution in [0, 0.1) is 5.82 Å². The molecule has 4 rings (SSSR count). The number of hydrogen-bond acceptors (Lipinski definition) is 3. The van der Waals surface area contributed by atoms with Gasteiger partial charge in [0.05, 0.1) is 5.57 Å². The monoisotopic (exact) mass is 442 g/mol. The number of anilines is 1. The van der Waals surface area contributed by atoms with Gasteiger partial charge >= 0.3 is 0 Å². The fourth-order valence-corrected chi connectivity index (χ4v) is 3.86. The molecule has 1 aliphatic heterocycles. The van der Waals surface area contributed by atoms with Gasteiger partial charge in [-0.2, -0.15) is 0 Å². The summed E-state index contributed by atoms with van der Waals surface area (Å²) in [5.74, 6) is -1.16. The second-order valence-electron chi connectivity index (χ2n) is 9.21. The first-order valence-electron chi connectivity index (χ1n) is 11.0. The highest BCUT2D eigenvalue weighted by Gasteiger charge is 2.39. The largest absolute Gasteiger partial charge is 0.350 e. The van der Waals surface area contributed by atoms with Gasteiger partial charge in [-0.3, -0.25) is 14.5 Å². The zero-order valence-electron chi connectivity index (χ0n) is 19.1.